The molecule has 0 saturated carbocycles. The van der Waals surface area contributed by atoms with E-state index in [2.05, 4.69) is 0 Å². The Hall–Kier alpha value is -0.140. The standard InChI is InChI=1S/C5H5Cl2N/c1-8-3-4(6)2-5(8)7/h2-3H,1H3. The van der Waals surface area contributed by atoms with Crippen LogP contribution in [0.1, 0.15) is 0 Å². The topological polar surface area (TPSA) is 4.93 Å². The van der Waals surface area contributed by atoms with Crippen molar-refractivity contribution in [3.63, 3.8) is 0 Å². The van der Waals surface area contributed by atoms with Crippen molar-refractivity contribution in [1.29, 1.82) is 0 Å². The van der Waals surface area contributed by atoms with Gasteiger partial charge in [-0.05, 0) is 6.07 Å². The quantitative estimate of drug-likeness (QED) is 0.534. The minimum Gasteiger partial charge on any atom is -0.340 e. The van der Waals surface area contributed by atoms with Gasteiger partial charge in [-0.3, -0.25) is 0 Å². The van der Waals surface area contributed by atoms with Gasteiger partial charge in [0, 0.05) is 13.2 Å². The van der Waals surface area contributed by atoms with Gasteiger partial charge in [0.15, 0.2) is 0 Å². The van der Waals surface area contributed by atoms with E-state index in [0.717, 1.165) is 0 Å². The van der Waals surface area contributed by atoms with Crippen molar-refractivity contribution in [2.75, 3.05) is 0 Å². The SMILES string of the molecule is Cn1cc(Cl)cc1Cl. The molecule has 3 heteroatoms. The van der Waals surface area contributed by atoms with E-state index in [1.807, 2.05) is 7.05 Å². The zero-order valence-electron chi connectivity index (χ0n) is 4.36. The lowest BCUT2D eigenvalue weighted by Gasteiger charge is -1.86. The predicted octanol–water partition coefficient (Wildman–Crippen LogP) is 2.33. The molecule has 1 nitrogen and oxygen atoms in total. The van der Waals surface area contributed by atoms with Crippen LogP contribution in [0.5, 0.6) is 0 Å². The van der Waals surface area contributed by atoms with Crippen molar-refractivity contribution in [3.05, 3.63) is 22.4 Å². The summed E-state index contributed by atoms with van der Waals surface area (Å²) in [5.74, 6) is 0. The molecule has 0 atom stereocenters. The van der Waals surface area contributed by atoms with Crippen LogP contribution in [0.25, 0.3) is 0 Å². The Bertz CT molecular complexity index is 173. The minimum atomic E-state index is 0.662. The number of aromatic nitrogens is 1. The Morgan fingerprint density at radius 1 is 1.50 bits per heavy atom. The molecule has 0 aromatic carbocycles. The van der Waals surface area contributed by atoms with Gasteiger partial charge >= 0.3 is 0 Å². The molecule has 0 unspecified atom stereocenters. The van der Waals surface area contributed by atoms with Gasteiger partial charge in [0.1, 0.15) is 5.15 Å². The molecule has 0 aliphatic rings. The summed E-state index contributed by atoms with van der Waals surface area (Å²) in [6, 6.07) is 1.70. The van der Waals surface area contributed by atoms with E-state index in [1.165, 1.54) is 0 Å². The lowest BCUT2D eigenvalue weighted by Crippen LogP contribution is -1.80. The predicted molar refractivity (Wildman–Crippen MR) is 35.4 cm³/mol. The molecular formula is C5H5Cl2N. The normalized spacial score (nSPS) is 9.88. The first-order chi connectivity index (χ1) is 3.70. The van der Waals surface area contributed by atoms with E-state index in [0.29, 0.717) is 10.2 Å². The summed E-state index contributed by atoms with van der Waals surface area (Å²) in [7, 11) is 1.84. The molecule has 0 aliphatic heterocycles. The summed E-state index contributed by atoms with van der Waals surface area (Å²) >= 11 is 11.2. The second-order valence-electron chi connectivity index (χ2n) is 1.59. The molecule has 8 heavy (non-hydrogen) atoms. The summed E-state index contributed by atoms with van der Waals surface area (Å²) in [5.41, 5.74) is 0. The molecule has 0 saturated heterocycles. The largest absolute Gasteiger partial charge is 0.340 e. The van der Waals surface area contributed by atoms with Crippen LogP contribution in [0.15, 0.2) is 12.3 Å². The highest BCUT2D eigenvalue weighted by Crippen LogP contribution is 2.16. The summed E-state index contributed by atoms with van der Waals surface area (Å²) in [5, 5.41) is 1.34. The van der Waals surface area contributed by atoms with Gasteiger partial charge in [0.2, 0.25) is 0 Å². The van der Waals surface area contributed by atoms with Crippen LogP contribution in [0.4, 0.5) is 0 Å². The highest BCUT2D eigenvalue weighted by molar-refractivity contribution is 6.34. The van der Waals surface area contributed by atoms with Gasteiger partial charge in [-0.15, -0.1) is 0 Å². The Kier molecular flexibility index (Phi) is 1.49. The molecule has 0 bridgehead atoms. The Balaban J connectivity index is 3.14. The highest BCUT2D eigenvalue weighted by atomic mass is 35.5. The molecule has 44 valence electrons. The van der Waals surface area contributed by atoms with Crippen molar-refractivity contribution in [3.8, 4) is 0 Å². The fourth-order valence-electron chi connectivity index (χ4n) is 0.500. The number of aryl methyl sites for hydroxylation is 1. The van der Waals surface area contributed by atoms with Crippen molar-refractivity contribution in [2.45, 2.75) is 0 Å². The average molecular weight is 150 g/mol. The Labute approximate surface area is 57.8 Å². The van der Waals surface area contributed by atoms with Gasteiger partial charge in [-0.25, -0.2) is 0 Å². The first kappa shape index (κ1) is 5.99. The first-order valence-electron chi connectivity index (χ1n) is 2.17. The van der Waals surface area contributed by atoms with Crippen molar-refractivity contribution in [1.82, 2.24) is 4.57 Å². The van der Waals surface area contributed by atoms with E-state index < -0.39 is 0 Å². The zero-order chi connectivity index (χ0) is 6.15. The average Bonchev–Trinajstić information content (AvgIpc) is 1.85. The van der Waals surface area contributed by atoms with E-state index in [-0.39, 0.29) is 0 Å². The summed E-state index contributed by atoms with van der Waals surface area (Å²) < 4.78 is 1.75. The number of hydrogen-bond acceptors (Lipinski definition) is 0. The van der Waals surface area contributed by atoms with Crippen LogP contribution >= 0.6 is 23.2 Å². The van der Waals surface area contributed by atoms with Crippen LogP contribution in [0.3, 0.4) is 0 Å². The van der Waals surface area contributed by atoms with E-state index in [1.54, 1.807) is 16.8 Å². The molecule has 1 rings (SSSR count). The molecule has 0 fully saturated rings. The maximum Gasteiger partial charge on any atom is 0.110 e. The van der Waals surface area contributed by atoms with Gasteiger partial charge in [0.05, 0.1) is 5.02 Å². The molecule has 0 N–H and O–H groups in total. The molecule has 1 aromatic rings. The van der Waals surface area contributed by atoms with Crippen LogP contribution in [0, 0.1) is 0 Å². The monoisotopic (exact) mass is 149 g/mol. The fraction of sp³-hybridized carbons (Fsp3) is 0.200. The maximum atomic E-state index is 5.61. The van der Waals surface area contributed by atoms with Crippen molar-refractivity contribution >= 4 is 23.2 Å². The first-order valence-corrected chi connectivity index (χ1v) is 2.93. The van der Waals surface area contributed by atoms with Crippen LogP contribution in [-0.4, -0.2) is 4.57 Å². The molecule has 0 amide bonds. The van der Waals surface area contributed by atoms with Gasteiger partial charge < -0.3 is 4.57 Å². The summed E-state index contributed by atoms with van der Waals surface area (Å²) in [6.07, 6.45) is 1.75. The van der Waals surface area contributed by atoms with Crippen LogP contribution in [-0.2, 0) is 7.05 Å². The Morgan fingerprint density at radius 2 is 2.12 bits per heavy atom. The second kappa shape index (κ2) is 2.00. The maximum absolute atomic E-state index is 5.61. The molecule has 1 aromatic heterocycles. The van der Waals surface area contributed by atoms with Gasteiger partial charge in [-0.1, -0.05) is 23.2 Å². The van der Waals surface area contributed by atoms with Crippen LogP contribution in [0.2, 0.25) is 10.2 Å². The number of hydrogen-bond donors (Lipinski definition) is 0. The highest BCUT2D eigenvalue weighted by Gasteiger charge is 1.94. The van der Waals surface area contributed by atoms with Crippen LogP contribution < -0.4 is 0 Å². The van der Waals surface area contributed by atoms with E-state index in [4.69, 9.17) is 23.2 Å². The number of rotatable bonds is 0. The van der Waals surface area contributed by atoms with Gasteiger partial charge in [0.25, 0.3) is 0 Å². The molecule has 1 heterocycles. The second-order valence-corrected chi connectivity index (χ2v) is 2.42. The summed E-state index contributed by atoms with van der Waals surface area (Å²) in [6.45, 7) is 0. The summed E-state index contributed by atoms with van der Waals surface area (Å²) in [4.78, 5) is 0. The van der Waals surface area contributed by atoms with Gasteiger partial charge in [-0.2, -0.15) is 0 Å². The molecule has 0 radical (unpaired) electrons. The third kappa shape index (κ3) is 0.984. The molecular weight excluding hydrogens is 145 g/mol. The number of nitrogens with zero attached hydrogens (tertiary/aromatic N) is 1. The number of halogens is 2. The third-order valence-corrected chi connectivity index (χ3v) is 1.49. The van der Waals surface area contributed by atoms with E-state index >= 15 is 0 Å². The molecule has 0 aliphatic carbocycles. The zero-order valence-corrected chi connectivity index (χ0v) is 5.87. The smallest absolute Gasteiger partial charge is 0.110 e. The molecule has 0 spiro atoms. The van der Waals surface area contributed by atoms with Crippen molar-refractivity contribution in [2.24, 2.45) is 7.05 Å². The lowest BCUT2D eigenvalue weighted by molar-refractivity contribution is 0.929. The third-order valence-electron chi connectivity index (χ3n) is 0.911. The van der Waals surface area contributed by atoms with E-state index in [9.17, 15) is 0 Å². The Morgan fingerprint density at radius 3 is 2.25 bits per heavy atom. The lowest BCUT2D eigenvalue weighted by atomic mass is 10.7. The fourth-order valence-corrected chi connectivity index (χ4v) is 0.971. The van der Waals surface area contributed by atoms with Crippen molar-refractivity contribution < 1.29 is 0 Å². The minimum absolute atomic E-state index is 0.662.